The van der Waals surface area contributed by atoms with Gasteiger partial charge in [0.15, 0.2) is 7.14 Å². The fourth-order valence-electron chi connectivity index (χ4n) is 9.37. The fraction of sp³-hybridized carbons (Fsp3) is 0. The quantitative estimate of drug-likeness (QED) is 0.124. The van der Waals surface area contributed by atoms with Gasteiger partial charge in [-0.15, -0.1) is 0 Å². The molecule has 0 saturated carbocycles. The Morgan fingerprint density at radius 1 is 0.410 bits per heavy atom. The molecule has 0 spiro atoms. The minimum atomic E-state index is -3.43. The largest absolute Gasteiger partial charge is 0.309 e. The Labute approximate surface area is 357 Å². The highest BCUT2D eigenvalue weighted by Crippen LogP contribution is 2.47. The summed E-state index contributed by atoms with van der Waals surface area (Å²) in [7, 11) is -3.43. The van der Waals surface area contributed by atoms with Crippen molar-refractivity contribution in [2.45, 2.75) is 0 Å². The Balaban J connectivity index is 1.17. The van der Waals surface area contributed by atoms with Crippen LogP contribution in [-0.4, -0.2) is 14.4 Å². The topological polar surface area (TPSA) is 47.3 Å². The lowest BCUT2D eigenvalue weighted by Crippen LogP contribution is -2.25. The molecule has 0 amide bonds. The van der Waals surface area contributed by atoms with Crippen molar-refractivity contribution < 1.29 is 4.57 Å². The predicted octanol–water partition coefficient (Wildman–Crippen LogP) is 11.0. The number of aromatic nitrogens is 3. The van der Waals surface area contributed by atoms with Crippen LogP contribution < -0.4 is 31.8 Å². The van der Waals surface area contributed by atoms with E-state index in [1.165, 1.54) is 0 Å². The van der Waals surface area contributed by atoms with Gasteiger partial charge in [0.05, 0.1) is 16.6 Å². The number of imidazole rings is 1. The van der Waals surface area contributed by atoms with Gasteiger partial charge in [0.1, 0.15) is 5.65 Å². The van der Waals surface area contributed by atoms with E-state index >= 15 is 4.57 Å². The molecule has 0 radical (unpaired) electrons. The summed E-state index contributed by atoms with van der Waals surface area (Å²) in [6.07, 6.45) is 3.68. The zero-order chi connectivity index (χ0) is 40.7. The van der Waals surface area contributed by atoms with E-state index in [9.17, 15) is 0 Å². The van der Waals surface area contributed by atoms with Crippen LogP contribution in [0, 0.1) is 0 Å². The van der Waals surface area contributed by atoms with Crippen LogP contribution in [-0.2, 0) is 16.4 Å². The van der Waals surface area contributed by atoms with Crippen molar-refractivity contribution in [3.05, 3.63) is 213 Å². The average molecular weight is 836 g/mol. The lowest BCUT2D eigenvalue weighted by molar-refractivity contribution is 0.592. The molecule has 4 nitrogen and oxygen atoms in total. The average Bonchev–Trinajstić information content (AvgIpc) is 3.72. The lowest BCUT2D eigenvalue weighted by atomic mass is 9.99. The molecule has 0 aliphatic carbocycles. The molecular weight excluding hydrogens is 801 g/mol. The second-order valence-corrected chi connectivity index (χ2v) is 22.9. The zero-order valence-corrected chi connectivity index (χ0v) is 35.4. The zero-order valence-electron chi connectivity index (χ0n) is 32.8. The number of benzene rings is 9. The maximum atomic E-state index is 16.3. The van der Waals surface area contributed by atoms with Gasteiger partial charge in [-0.05, 0) is 102 Å². The number of fused-ring (bicyclic) bond motifs is 12. The van der Waals surface area contributed by atoms with Crippen molar-refractivity contribution in [1.82, 2.24) is 14.4 Å². The molecule has 0 saturated heterocycles. The van der Waals surface area contributed by atoms with Crippen molar-refractivity contribution >= 4 is 127 Å². The first-order valence-electron chi connectivity index (χ1n) is 20.3. The van der Waals surface area contributed by atoms with Gasteiger partial charge in [-0.2, -0.15) is 0 Å². The predicted molar refractivity (Wildman–Crippen MR) is 263 cm³/mol. The van der Waals surface area contributed by atoms with Gasteiger partial charge in [-0.25, -0.2) is 4.98 Å². The first-order chi connectivity index (χ1) is 30.0. The smallest absolute Gasteiger partial charge is 0.171 e. The van der Waals surface area contributed by atoms with Gasteiger partial charge < -0.3 is 4.57 Å². The molecule has 0 fully saturated rings. The summed E-state index contributed by atoms with van der Waals surface area (Å²) in [5, 5.41) is 15.6. The van der Waals surface area contributed by atoms with Gasteiger partial charge in [0.2, 0.25) is 0 Å². The van der Waals surface area contributed by atoms with Gasteiger partial charge in [-0.3, -0.25) is 9.38 Å². The summed E-state index contributed by atoms with van der Waals surface area (Å²) in [6, 6.07) is 67.2. The molecule has 0 N–H and O–H groups in total. The van der Waals surface area contributed by atoms with Crippen LogP contribution in [0.1, 0.15) is 0 Å². The minimum Gasteiger partial charge on any atom is -0.309 e. The van der Waals surface area contributed by atoms with Crippen molar-refractivity contribution in [3.8, 4) is 0 Å². The van der Waals surface area contributed by atoms with E-state index in [1.807, 2.05) is 54.9 Å². The molecule has 12 aromatic rings. The van der Waals surface area contributed by atoms with E-state index in [0.29, 0.717) is 0 Å². The maximum absolute atomic E-state index is 16.3. The third-order valence-electron chi connectivity index (χ3n) is 12.4. The Morgan fingerprint density at radius 3 is 1.66 bits per heavy atom. The van der Waals surface area contributed by atoms with Crippen LogP contribution in [0.3, 0.4) is 0 Å². The molecule has 288 valence electrons. The molecule has 9 aromatic carbocycles. The molecule has 1 atom stereocenters. The highest BCUT2D eigenvalue weighted by atomic mass is 32.4. The lowest BCUT2D eigenvalue weighted by Gasteiger charge is -2.24. The highest BCUT2D eigenvalue weighted by molar-refractivity contribution is 8.25. The molecular formula is C54H35N3OP2S. The molecule has 7 heteroatoms. The standard InChI is InChI=1S/C54H35N3OP2S/c58-59(43-21-18-36-10-4-6-13-39(36)32-43,44-22-19-37-11-5-7-14-40(37)33-44)45-24-27-51-50(34-45)56-54-53-47-17-9-8-12-38(47)20-25-49(53)48-26-23-46(35-52(48)57(51)54)60(61,41-15-2-1-3-16-41)42-28-30-55-31-29-42/h1-35H. The SMILES string of the molecule is O=P(c1ccc2ccccc2c1)(c1ccc2ccccc2c1)c1ccc2c(c1)nc1c3c4ccccc4ccc3c3ccc(P(=S)(c4ccccc4)c4ccncc4)cc3n21. The maximum Gasteiger partial charge on any atom is 0.171 e. The summed E-state index contributed by atoms with van der Waals surface area (Å²) >= 11 is 6.86. The molecule has 1 unspecified atom stereocenters. The van der Waals surface area contributed by atoms with Crippen LogP contribution in [0.25, 0.3) is 70.7 Å². The first-order valence-corrected chi connectivity index (χ1v) is 24.8. The first kappa shape index (κ1) is 36.1. The molecule has 3 heterocycles. The second kappa shape index (κ2) is 13.9. The van der Waals surface area contributed by atoms with Gasteiger partial charge in [0.25, 0.3) is 0 Å². The van der Waals surface area contributed by atoms with E-state index in [2.05, 4.69) is 167 Å². The summed E-state index contributed by atoms with van der Waals surface area (Å²) in [6.45, 7) is 0. The number of hydrogen-bond donors (Lipinski definition) is 0. The minimum absolute atomic E-state index is 0.741. The Morgan fingerprint density at radius 2 is 0.951 bits per heavy atom. The van der Waals surface area contributed by atoms with Crippen molar-refractivity contribution in [1.29, 1.82) is 0 Å². The third kappa shape index (κ3) is 5.52. The van der Waals surface area contributed by atoms with E-state index < -0.39 is 13.2 Å². The van der Waals surface area contributed by atoms with Crippen LogP contribution in [0.15, 0.2) is 213 Å². The Bertz CT molecular complexity index is 3720. The summed E-state index contributed by atoms with van der Waals surface area (Å²) in [5.74, 6) is 0. The van der Waals surface area contributed by atoms with Crippen molar-refractivity contribution in [3.63, 3.8) is 0 Å². The number of nitrogens with zero attached hydrogens (tertiary/aromatic N) is 3. The second-order valence-electron chi connectivity index (χ2n) is 15.7. The molecule has 61 heavy (non-hydrogen) atoms. The van der Waals surface area contributed by atoms with E-state index in [-0.39, 0.29) is 0 Å². The van der Waals surface area contributed by atoms with E-state index in [4.69, 9.17) is 16.8 Å². The number of rotatable bonds is 6. The molecule has 0 aliphatic rings. The van der Waals surface area contributed by atoms with Crippen molar-refractivity contribution in [2.75, 3.05) is 0 Å². The fourth-order valence-corrected chi connectivity index (χ4v) is 15.8. The van der Waals surface area contributed by atoms with E-state index in [1.54, 1.807) is 0 Å². The van der Waals surface area contributed by atoms with Crippen LogP contribution in [0.4, 0.5) is 0 Å². The Kier molecular flexibility index (Phi) is 8.24. The summed E-state index contributed by atoms with van der Waals surface area (Å²) in [5.41, 5.74) is 3.60. The molecule has 0 aliphatic heterocycles. The molecule has 12 rings (SSSR count). The van der Waals surface area contributed by atoms with Crippen LogP contribution in [0.2, 0.25) is 0 Å². The normalized spacial score (nSPS) is 13.2. The molecule has 0 bridgehead atoms. The highest BCUT2D eigenvalue weighted by Gasteiger charge is 2.32. The van der Waals surface area contributed by atoms with Gasteiger partial charge in [-0.1, -0.05) is 163 Å². The number of hydrogen-bond acceptors (Lipinski definition) is 4. The molecule has 3 aromatic heterocycles. The summed E-state index contributed by atoms with van der Waals surface area (Å²) < 4.78 is 18.6. The number of pyridine rings is 2. The van der Waals surface area contributed by atoms with Crippen molar-refractivity contribution in [2.24, 2.45) is 0 Å². The van der Waals surface area contributed by atoms with Gasteiger partial charge in [0, 0.05) is 45.1 Å². The third-order valence-corrected chi connectivity index (χ3v) is 20.3. The van der Waals surface area contributed by atoms with Crippen LogP contribution >= 0.6 is 13.2 Å². The van der Waals surface area contributed by atoms with E-state index in [0.717, 1.165) is 103 Å². The summed E-state index contributed by atoms with van der Waals surface area (Å²) in [4.78, 5) is 9.88. The van der Waals surface area contributed by atoms with Gasteiger partial charge >= 0.3 is 0 Å². The van der Waals surface area contributed by atoms with Crippen LogP contribution in [0.5, 0.6) is 0 Å². The monoisotopic (exact) mass is 835 g/mol. The Hall–Kier alpha value is -6.74.